The Labute approximate surface area is 113 Å². The van der Waals surface area contributed by atoms with Gasteiger partial charge in [-0.3, -0.25) is 9.59 Å². The Morgan fingerprint density at radius 2 is 1.74 bits per heavy atom. The molecule has 0 aliphatic carbocycles. The van der Waals surface area contributed by atoms with E-state index in [9.17, 15) is 9.59 Å². The lowest BCUT2D eigenvalue weighted by molar-refractivity contribution is -0.124. The number of amides is 2. The lowest BCUT2D eigenvalue weighted by Gasteiger charge is -2.25. The van der Waals surface area contributed by atoms with Gasteiger partial charge in [-0.25, -0.2) is 0 Å². The van der Waals surface area contributed by atoms with Crippen LogP contribution in [0.1, 0.15) is 36.7 Å². The molecule has 19 heavy (non-hydrogen) atoms. The van der Waals surface area contributed by atoms with Gasteiger partial charge in [-0.1, -0.05) is 32.9 Å². The topological polar surface area (TPSA) is 98.2 Å². The van der Waals surface area contributed by atoms with E-state index in [0.29, 0.717) is 12.1 Å². The summed E-state index contributed by atoms with van der Waals surface area (Å²) in [6, 6.07) is 6.21. The second-order valence-electron chi connectivity index (χ2n) is 5.62. The highest BCUT2D eigenvalue weighted by molar-refractivity contribution is 5.92. The fourth-order valence-corrected chi connectivity index (χ4v) is 1.48. The van der Waals surface area contributed by atoms with Gasteiger partial charge in [0.1, 0.15) is 0 Å². The maximum atomic E-state index is 11.8. The first kappa shape index (κ1) is 15.2. The molecule has 5 heteroatoms. The summed E-state index contributed by atoms with van der Waals surface area (Å²) in [4.78, 5) is 22.7. The molecule has 1 aromatic rings. The van der Waals surface area contributed by atoms with E-state index in [1.807, 2.05) is 20.8 Å². The van der Waals surface area contributed by atoms with E-state index in [-0.39, 0.29) is 11.3 Å². The molecule has 0 bridgehead atoms. The van der Waals surface area contributed by atoms with Crippen LogP contribution in [0.2, 0.25) is 0 Å². The summed E-state index contributed by atoms with van der Waals surface area (Å²) in [7, 11) is 0. The Morgan fingerprint density at radius 3 is 2.16 bits per heavy atom. The number of primary amides is 1. The monoisotopic (exact) mass is 263 g/mol. The molecule has 0 aliphatic rings. The van der Waals surface area contributed by atoms with Crippen molar-refractivity contribution >= 4 is 11.8 Å². The van der Waals surface area contributed by atoms with Crippen molar-refractivity contribution in [1.82, 2.24) is 5.32 Å². The van der Waals surface area contributed by atoms with E-state index in [2.05, 4.69) is 5.32 Å². The van der Waals surface area contributed by atoms with Crippen molar-refractivity contribution in [2.45, 2.75) is 33.4 Å². The minimum Gasteiger partial charge on any atom is -0.366 e. The molecule has 104 valence electrons. The Morgan fingerprint density at radius 1 is 1.21 bits per heavy atom. The van der Waals surface area contributed by atoms with E-state index in [4.69, 9.17) is 11.5 Å². The van der Waals surface area contributed by atoms with Crippen LogP contribution in [0.4, 0.5) is 0 Å². The van der Waals surface area contributed by atoms with Crippen molar-refractivity contribution < 1.29 is 9.59 Å². The summed E-state index contributed by atoms with van der Waals surface area (Å²) in [5.74, 6) is -0.656. The van der Waals surface area contributed by atoms with Crippen LogP contribution in [0.25, 0.3) is 0 Å². The van der Waals surface area contributed by atoms with E-state index in [1.165, 1.54) is 0 Å². The molecule has 1 atom stereocenters. The van der Waals surface area contributed by atoms with E-state index >= 15 is 0 Å². The number of nitrogens with one attached hydrogen (secondary N) is 1. The lowest BCUT2D eigenvalue weighted by atomic mass is 9.87. The fourth-order valence-electron chi connectivity index (χ4n) is 1.48. The number of carbonyl (C=O) groups excluding carboxylic acids is 2. The standard InChI is InChI=1S/C14H21N3O2/c1-14(2,3)11(15)13(19)17-8-9-4-6-10(7-5-9)12(16)18/h4-7,11H,8,15H2,1-3H3,(H2,16,18)(H,17,19)/t11-/m1/s1. The van der Waals surface area contributed by atoms with Gasteiger partial charge in [-0.2, -0.15) is 0 Å². The van der Waals surface area contributed by atoms with Gasteiger partial charge < -0.3 is 16.8 Å². The highest BCUT2D eigenvalue weighted by atomic mass is 16.2. The van der Waals surface area contributed by atoms with Crippen molar-refractivity contribution in [1.29, 1.82) is 0 Å². The highest BCUT2D eigenvalue weighted by Crippen LogP contribution is 2.17. The summed E-state index contributed by atoms with van der Waals surface area (Å²) in [6.07, 6.45) is 0. The Balaban J connectivity index is 2.58. The van der Waals surface area contributed by atoms with Crippen LogP contribution in [-0.4, -0.2) is 17.9 Å². The van der Waals surface area contributed by atoms with E-state index < -0.39 is 11.9 Å². The molecule has 0 spiro atoms. The van der Waals surface area contributed by atoms with Gasteiger partial charge in [0.25, 0.3) is 0 Å². The van der Waals surface area contributed by atoms with Crippen molar-refractivity contribution in [3.63, 3.8) is 0 Å². The maximum Gasteiger partial charge on any atom is 0.248 e. The van der Waals surface area contributed by atoms with Crippen LogP contribution in [0.3, 0.4) is 0 Å². The second-order valence-corrected chi connectivity index (χ2v) is 5.62. The molecule has 0 fully saturated rings. The SMILES string of the molecule is CC(C)(C)[C@H](N)C(=O)NCc1ccc(C(N)=O)cc1. The number of hydrogen-bond acceptors (Lipinski definition) is 3. The van der Waals surface area contributed by atoms with Crippen LogP contribution in [0.15, 0.2) is 24.3 Å². The van der Waals surface area contributed by atoms with Crippen LogP contribution in [-0.2, 0) is 11.3 Å². The third-order valence-electron chi connectivity index (χ3n) is 2.92. The Hall–Kier alpha value is -1.88. The number of rotatable bonds is 4. The molecular formula is C14H21N3O2. The molecular weight excluding hydrogens is 242 g/mol. The highest BCUT2D eigenvalue weighted by Gasteiger charge is 2.26. The predicted octanol–water partition coefficient (Wildman–Crippen LogP) is 0.775. The summed E-state index contributed by atoms with van der Waals surface area (Å²) in [5.41, 5.74) is 12.1. The summed E-state index contributed by atoms with van der Waals surface area (Å²) in [5, 5.41) is 2.77. The van der Waals surface area contributed by atoms with Gasteiger partial charge >= 0.3 is 0 Å². The van der Waals surface area contributed by atoms with Gasteiger partial charge in [0.05, 0.1) is 6.04 Å². The lowest BCUT2D eigenvalue weighted by Crippen LogP contribution is -2.48. The van der Waals surface area contributed by atoms with Crippen LogP contribution >= 0.6 is 0 Å². The molecule has 0 saturated heterocycles. The third-order valence-corrected chi connectivity index (χ3v) is 2.92. The van der Waals surface area contributed by atoms with Crippen LogP contribution in [0.5, 0.6) is 0 Å². The van der Waals surface area contributed by atoms with Crippen molar-refractivity contribution in [3.8, 4) is 0 Å². The van der Waals surface area contributed by atoms with Crippen LogP contribution in [0, 0.1) is 5.41 Å². The minimum atomic E-state index is -0.558. The zero-order valence-corrected chi connectivity index (χ0v) is 11.6. The third kappa shape index (κ3) is 4.37. The average molecular weight is 263 g/mol. The summed E-state index contributed by atoms with van der Waals surface area (Å²) < 4.78 is 0. The number of hydrogen-bond donors (Lipinski definition) is 3. The molecule has 0 heterocycles. The first-order valence-corrected chi connectivity index (χ1v) is 6.14. The van der Waals surface area contributed by atoms with E-state index in [0.717, 1.165) is 5.56 Å². The molecule has 1 rings (SSSR count). The van der Waals surface area contributed by atoms with Gasteiger partial charge in [0.2, 0.25) is 11.8 Å². The molecule has 0 saturated carbocycles. The molecule has 0 radical (unpaired) electrons. The van der Waals surface area contributed by atoms with Crippen LogP contribution < -0.4 is 16.8 Å². The van der Waals surface area contributed by atoms with E-state index in [1.54, 1.807) is 24.3 Å². The minimum absolute atomic E-state index is 0.188. The smallest absolute Gasteiger partial charge is 0.248 e. The zero-order chi connectivity index (χ0) is 14.6. The average Bonchev–Trinajstić information content (AvgIpc) is 2.34. The molecule has 5 N–H and O–H groups in total. The molecule has 1 aromatic carbocycles. The maximum absolute atomic E-state index is 11.8. The first-order chi connectivity index (χ1) is 8.71. The largest absolute Gasteiger partial charge is 0.366 e. The van der Waals surface area contributed by atoms with Gasteiger partial charge in [-0.15, -0.1) is 0 Å². The molecule has 5 nitrogen and oxygen atoms in total. The van der Waals surface area contributed by atoms with Gasteiger partial charge in [0.15, 0.2) is 0 Å². The quantitative estimate of drug-likeness (QED) is 0.748. The van der Waals surface area contributed by atoms with Gasteiger partial charge in [0, 0.05) is 12.1 Å². The molecule has 2 amide bonds. The van der Waals surface area contributed by atoms with Crippen molar-refractivity contribution in [2.75, 3.05) is 0 Å². The second kappa shape index (κ2) is 5.84. The molecule has 0 unspecified atom stereocenters. The predicted molar refractivity (Wildman–Crippen MR) is 74.2 cm³/mol. The summed E-state index contributed by atoms with van der Waals surface area (Å²) >= 11 is 0. The molecule has 0 aromatic heterocycles. The van der Waals surface area contributed by atoms with Crippen molar-refractivity contribution in [3.05, 3.63) is 35.4 Å². The number of carbonyl (C=O) groups is 2. The molecule has 0 aliphatic heterocycles. The Bertz CT molecular complexity index is 461. The normalized spacial score (nSPS) is 12.8. The van der Waals surface area contributed by atoms with Gasteiger partial charge in [-0.05, 0) is 23.1 Å². The number of benzene rings is 1. The number of nitrogens with two attached hydrogens (primary N) is 2. The first-order valence-electron chi connectivity index (χ1n) is 6.14. The zero-order valence-electron chi connectivity index (χ0n) is 11.6. The fraction of sp³-hybridized carbons (Fsp3) is 0.429. The Kier molecular flexibility index (Phi) is 4.67. The van der Waals surface area contributed by atoms with Crippen molar-refractivity contribution in [2.24, 2.45) is 16.9 Å². The summed E-state index contributed by atoms with van der Waals surface area (Å²) in [6.45, 7) is 6.12.